The summed E-state index contributed by atoms with van der Waals surface area (Å²) in [6, 6.07) is 8.02. The zero-order chi connectivity index (χ0) is 13.8. The van der Waals surface area contributed by atoms with E-state index in [9.17, 15) is 4.79 Å². The molecular formula is C15H21ClN2O. The van der Waals surface area contributed by atoms with Gasteiger partial charge < -0.3 is 10.2 Å². The highest BCUT2D eigenvalue weighted by Crippen LogP contribution is 2.17. The van der Waals surface area contributed by atoms with Gasteiger partial charge in [-0.3, -0.25) is 4.79 Å². The summed E-state index contributed by atoms with van der Waals surface area (Å²) >= 11 is 5.98. The topological polar surface area (TPSA) is 32.3 Å². The number of likely N-dealkylation sites (tertiary alicyclic amines) is 1. The number of halogens is 1. The molecule has 1 aromatic rings. The molecule has 2 rings (SSSR count). The Balaban J connectivity index is 2.01. The van der Waals surface area contributed by atoms with Gasteiger partial charge in [-0.2, -0.15) is 0 Å². The average molecular weight is 281 g/mol. The molecule has 0 bridgehead atoms. The van der Waals surface area contributed by atoms with Crippen LogP contribution in [0.25, 0.3) is 0 Å². The summed E-state index contributed by atoms with van der Waals surface area (Å²) in [5.74, 6) is 0.208. The molecule has 1 aliphatic heterocycles. The Kier molecular flexibility index (Phi) is 4.83. The summed E-state index contributed by atoms with van der Waals surface area (Å²) in [5, 5.41) is 4.06. The van der Waals surface area contributed by atoms with Crippen LogP contribution in [-0.2, 0) is 11.3 Å². The van der Waals surface area contributed by atoms with Gasteiger partial charge in [0.05, 0.1) is 6.04 Å². The minimum atomic E-state index is -0.0343. The Morgan fingerprint density at radius 2 is 2.26 bits per heavy atom. The van der Waals surface area contributed by atoms with Crippen LogP contribution in [0.15, 0.2) is 24.3 Å². The number of nitrogens with one attached hydrogen (secondary N) is 1. The number of hydrogen-bond donors (Lipinski definition) is 1. The van der Waals surface area contributed by atoms with E-state index in [1.807, 2.05) is 29.2 Å². The maximum atomic E-state index is 12.4. The molecule has 104 valence electrons. The van der Waals surface area contributed by atoms with Crippen molar-refractivity contribution in [1.29, 1.82) is 0 Å². The van der Waals surface area contributed by atoms with Crippen molar-refractivity contribution in [2.75, 3.05) is 6.54 Å². The molecule has 0 aromatic heterocycles. The SMILES string of the molecule is CC(C)NC1CCCN(Cc2cccc(Cl)c2)C1=O. The van der Waals surface area contributed by atoms with Crippen molar-refractivity contribution in [3.8, 4) is 0 Å². The van der Waals surface area contributed by atoms with Gasteiger partial charge in [0, 0.05) is 24.2 Å². The molecule has 0 saturated carbocycles. The smallest absolute Gasteiger partial charge is 0.240 e. The predicted molar refractivity (Wildman–Crippen MR) is 78.2 cm³/mol. The average Bonchev–Trinajstić information content (AvgIpc) is 2.34. The summed E-state index contributed by atoms with van der Waals surface area (Å²) in [6.45, 7) is 5.63. The number of nitrogens with zero attached hydrogens (tertiary/aromatic N) is 1. The Bertz CT molecular complexity index is 448. The van der Waals surface area contributed by atoms with Crippen molar-refractivity contribution >= 4 is 17.5 Å². The Hall–Kier alpha value is -1.06. The lowest BCUT2D eigenvalue weighted by molar-refractivity contribution is -0.136. The largest absolute Gasteiger partial charge is 0.337 e. The van der Waals surface area contributed by atoms with Crippen molar-refractivity contribution in [3.63, 3.8) is 0 Å². The summed E-state index contributed by atoms with van der Waals surface area (Å²) in [6.07, 6.45) is 1.99. The number of hydrogen-bond acceptors (Lipinski definition) is 2. The first kappa shape index (κ1) is 14.4. The van der Waals surface area contributed by atoms with Crippen LogP contribution in [0.1, 0.15) is 32.3 Å². The van der Waals surface area contributed by atoms with Crippen molar-refractivity contribution < 1.29 is 4.79 Å². The molecule has 1 saturated heterocycles. The van der Waals surface area contributed by atoms with Gasteiger partial charge in [-0.15, -0.1) is 0 Å². The fourth-order valence-corrected chi connectivity index (χ4v) is 2.72. The zero-order valence-electron chi connectivity index (χ0n) is 11.5. The van der Waals surface area contributed by atoms with Crippen LogP contribution in [-0.4, -0.2) is 29.4 Å². The zero-order valence-corrected chi connectivity index (χ0v) is 12.3. The van der Waals surface area contributed by atoms with Gasteiger partial charge in [0.15, 0.2) is 0 Å². The molecule has 1 atom stereocenters. The van der Waals surface area contributed by atoms with Crippen LogP contribution in [0.2, 0.25) is 5.02 Å². The molecule has 0 aliphatic carbocycles. The van der Waals surface area contributed by atoms with E-state index in [1.165, 1.54) is 0 Å². The first-order valence-electron chi connectivity index (χ1n) is 6.85. The molecular weight excluding hydrogens is 260 g/mol. The molecule has 1 aliphatic rings. The molecule has 0 spiro atoms. The molecule has 1 aromatic carbocycles. The van der Waals surface area contributed by atoms with Crippen LogP contribution in [0.5, 0.6) is 0 Å². The van der Waals surface area contributed by atoms with Crippen molar-refractivity contribution in [3.05, 3.63) is 34.9 Å². The number of benzene rings is 1. The minimum absolute atomic E-state index is 0.0343. The fraction of sp³-hybridized carbons (Fsp3) is 0.533. The van der Waals surface area contributed by atoms with E-state index in [0.717, 1.165) is 30.0 Å². The third-order valence-electron chi connectivity index (χ3n) is 3.33. The van der Waals surface area contributed by atoms with Crippen molar-refractivity contribution in [2.24, 2.45) is 0 Å². The molecule has 0 radical (unpaired) electrons. The monoisotopic (exact) mass is 280 g/mol. The van der Waals surface area contributed by atoms with E-state index in [2.05, 4.69) is 19.2 Å². The third kappa shape index (κ3) is 3.95. The second kappa shape index (κ2) is 6.40. The molecule has 1 unspecified atom stereocenters. The Morgan fingerprint density at radius 1 is 1.47 bits per heavy atom. The van der Waals surface area contributed by atoms with Gasteiger partial charge in [-0.05, 0) is 30.5 Å². The first-order chi connectivity index (χ1) is 9.06. The van der Waals surface area contributed by atoms with E-state index in [4.69, 9.17) is 11.6 Å². The maximum Gasteiger partial charge on any atom is 0.240 e. The van der Waals surface area contributed by atoms with E-state index < -0.39 is 0 Å². The Morgan fingerprint density at radius 3 is 2.95 bits per heavy atom. The van der Waals surface area contributed by atoms with Crippen LogP contribution >= 0.6 is 11.6 Å². The normalized spacial score (nSPS) is 20.1. The second-order valence-electron chi connectivity index (χ2n) is 5.41. The van der Waals surface area contributed by atoms with Crippen LogP contribution in [0.3, 0.4) is 0 Å². The summed E-state index contributed by atoms with van der Waals surface area (Å²) in [5.41, 5.74) is 1.09. The van der Waals surface area contributed by atoms with Crippen LogP contribution in [0, 0.1) is 0 Å². The van der Waals surface area contributed by atoms with Gasteiger partial charge in [-0.25, -0.2) is 0 Å². The van der Waals surface area contributed by atoms with Crippen molar-refractivity contribution in [1.82, 2.24) is 10.2 Å². The first-order valence-corrected chi connectivity index (χ1v) is 7.23. The lowest BCUT2D eigenvalue weighted by Crippen LogP contribution is -2.51. The lowest BCUT2D eigenvalue weighted by atomic mass is 10.0. The number of rotatable bonds is 4. The summed E-state index contributed by atoms with van der Waals surface area (Å²) < 4.78 is 0. The predicted octanol–water partition coefficient (Wildman–Crippen LogP) is 2.83. The molecule has 1 heterocycles. The van der Waals surface area contributed by atoms with Gasteiger partial charge in [-0.1, -0.05) is 37.6 Å². The highest BCUT2D eigenvalue weighted by molar-refractivity contribution is 6.30. The molecule has 3 nitrogen and oxygen atoms in total. The molecule has 1 amide bonds. The molecule has 19 heavy (non-hydrogen) atoms. The van der Waals surface area contributed by atoms with Crippen LogP contribution in [0.4, 0.5) is 0 Å². The van der Waals surface area contributed by atoms with E-state index >= 15 is 0 Å². The van der Waals surface area contributed by atoms with Gasteiger partial charge in [0.1, 0.15) is 0 Å². The number of amides is 1. The Labute approximate surface area is 119 Å². The van der Waals surface area contributed by atoms with Gasteiger partial charge in [0.25, 0.3) is 0 Å². The fourth-order valence-electron chi connectivity index (χ4n) is 2.51. The highest BCUT2D eigenvalue weighted by Gasteiger charge is 2.28. The van der Waals surface area contributed by atoms with Crippen LogP contribution < -0.4 is 5.32 Å². The second-order valence-corrected chi connectivity index (χ2v) is 5.84. The maximum absolute atomic E-state index is 12.4. The summed E-state index contributed by atoms with van der Waals surface area (Å²) in [4.78, 5) is 14.3. The molecule has 4 heteroatoms. The molecule has 1 N–H and O–H groups in total. The minimum Gasteiger partial charge on any atom is -0.337 e. The quantitative estimate of drug-likeness (QED) is 0.920. The highest BCUT2D eigenvalue weighted by atomic mass is 35.5. The van der Waals surface area contributed by atoms with Gasteiger partial charge in [0.2, 0.25) is 5.91 Å². The third-order valence-corrected chi connectivity index (χ3v) is 3.56. The van der Waals surface area contributed by atoms with E-state index in [0.29, 0.717) is 12.6 Å². The van der Waals surface area contributed by atoms with E-state index in [1.54, 1.807) is 0 Å². The standard InChI is InChI=1S/C15H21ClN2O/c1-11(2)17-14-7-4-8-18(15(14)19)10-12-5-3-6-13(16)9-12/h3,5-6,9,11,14,17H,4,7-8,10H2,1-2H3. The number of carbonyl (C=O) groups is 1. The van der Waals surface area contributed by atoms with E-state index in [-0.39, 0.29) is 11.9 Å². The number of carbonyl (C=O) groups excluding carboxylic acids is 1. The van der Waals surface area contributed by atoms with Crippen molar-refractivity contribution in [2.45, 2.75) is 45.3 Å². The summed E-state index contributed by atoms with van der Waals surface area (Å²) in [7, 11) is 0. The lowest BCUT2D eigenvalue weighted by Gasteiger charge is -2.33. The number of piperidine rings is 1. The van der Waals surface area contributed by atoms with Gasteiger partial charge >= 0.3 is 0 Å². The molecule has 1 fully saturated rings.